The number of nitro benzene ring substituents is 1. The number of likely N-dealkylation sites (tertiary alicyclic amines) is 1. The van der Waals surface area contributed by atoms with Crippen LogP contribution in [-0.2, 0) is 6.54 Å². The number of carbonyl (C=O) groups is 1. The Morgan fingerprint density at radius 3 is 2.64 bits per heavy atom. The van der Waals surface area contributed by atoms with Gasteiger partial charge in [-0.25, -0.2) is 9.36 Å². The smallest absolute Gasteiger partial charge is 0.270 e. The number of benzene rings is 2. The third-order valence-corrected chi connectivity index (χ3v) is 8.60. The monoisotopic (exact) mass is 609 g/mol. The Kier molecular flexibility index (Phi) is 7.63. The SMILES string of the molecule is COc1ccc([N+](=O)[O-])cc1Cn1cc(C2CCN(C(=O)c3cnn(-c4ccc(Cl)cc4Cl)c3C3CC3)C(C)C2)nn1. The van der Waals surface area contributed by atoms with Crippen molar-refractivity contribution in [3.05, 3.63) is 91.5 Å². The fourth-order valence-corrected chi connectivity index (χ4v) is 6.26. The van der Waals surface area contributed by atoms with Crippen LogP contribution < -0.4 is 4.74 Å². The highest BCUT2D eigenvalue weighted by molar-refractivity contribution is 6.35. The van der Waals surface area contributed by atoms with Crippen LogP contribution in [0.5, 0.6) is 5.75 Å². The number of methoxy groups -OCH3 is 1. The number of nitrogens with zero attached hydrogens (tertiary/aromatic N) is 7. The van der Waals surface area contributed by atoms with E-state index in [4.69, 9.17) is 27.9 Å². The number of hydrogen-bond donors (Lipinski definition) is 0. The lowest BCUT2D eigenvalue weighted by Crippen LogP contribution is -2.44. The fraction of sp³-hybridized carbons (Fsp3) is 0.379. The van der Waals surface area contributed by atoms with Gasteiger partial charge in [0, 0.05) is 53.3 Å². The van der Waals surface area contributed by atoms with E-state index in [-0.39, 0.29) is 36.0 Å². The third-order valence-electron chi connectivity index (χ3n) is 8.06. The summed E-state index contributed by atoms with van der Waals surface area (Å²) in [5.74, 6) is 0.917. The van der Waals surface area contributed by atoms with E-state index in [1.165, 1.54) is 19.2 Å². The van der Waals surface area contributed by atoms with Crippen LogP contribution in [0.25, 0.3) is 5.69 Å². The lowest BCUT2D eigenvalue weighted by atomic mass is 9.89. The maximum absolute atomic E-state index is 13.9. The summed E-state index contributed by atoms with van der Waals surface area (Å²) < 4.78 is 8.84. The molecular formula is C29H29Cl2N7O4. The van der Waals surface area contributed by atoms with Gasteiger partial charge in [0.2, 0.25) is 0 Å². The average Bonchev–Trinajstić information content (AvgIpc) is 3.54. The lowest BCUT2D eigenvalue weighted by Gasteiger charge is -2.37. The topological polar surface area (TPSA) is 121 Å². The molecule has 1 aliphatic carbocycles. The van der Waals surface area contributed by atoms with Gasteiger partial charge in [-0.2, -0.15) is 5.10 Å². The van der Waals surface area contributed by atoms with Gasteiger partial charge < -0.3 is 9.64 Å². The third kappa shape index (κ3) is 5.46. The van der Waals surface area contributed by atoms with Crippen molar-refractivity contribution in [3.63, 3.8) is 0 Å². The summed E-state index contributed by atoms with van der Waals surface area (Å²) in [5.41, 5.74) is 3.69. The standard InChI is InChI=1S/C29H29Cl2N7O4/c1-17-11-19(25-16-35(34-33-25)15-20-12-22(38(40)41)6-8-27(20)42-2)9-10-36(17)29(39)23-14-32-37(28(23)18-3-4-18)26-7-5-21(30)13-24(26)31/h5-8,12-14,16-19H,3-4,9-11,15H2,1-2H3. The van der Waals surface area contributed by atoms with E-state index < -0.39 is 4.92 Å². The van der Waals surface area contributed by atoms with Gasteiger partial charge in [-0.1, -0.05) is 28.4 Å². The lowest BCUT2D eigenvalue weighted by molar-refractivity contribution is -0.384. The van der Waals surface area contributed by atoms with Crippen molar-refractivity contribution >= 4 is 34.8 Å². The molecule has 218 valence electrons. The Hall–Kier alpha value is -3.96. The molecule has 4 aromatic rings. The minimum Gasteiger partial charge on any atom is -0.496 e. The first-order valence-corrected chi connectivity index (χ1v) is 14.5. The minimum atomic E-state index is -0.433. The van der Waals surface area contributed by atoms with E-state index in [1.54, 1.807) is 33.8 Å². The quantitative estimate of drug-likeness (QED) is 0.177. The van der Waals surface area contributed by atoms with Crippen molar-refractivity contribution in [2.45, 2.75) is 57.0 Å². The normalized spacial score (nSPS) is 18.7. The minimum absolute atomic E-state index is 0.0105. The molecule has 6 rings (SSSR count). The molecule has 2 unspecified atom stereocenters. The predicted octanol–water partition coefficient (Wildman–Crippen LogP) is 6.02. The van der Waals surface area contributed by atoms with Gasteiger partial charge >= 0.3 is 0 Å². The van der Waals surface area contributed by atoms with Crippen LogP contribution in [0.4, 0.5) is 5.69 Å². The summed E-state index contributed by atoms with van der Waals surface area (Å²) in [4.78, 5) is 26.6. The van der Waals surface area contributed by atoms with Crippen molar-refractivity contribution in [2.75, 3.05) is 13.7 Å². The van der Waals surface area contributed by atoms with Crippen molar-refractivity contribution in [1.29, 1.82) is 0 Å². The molecule has 11 nitrogen and oxygen atoms in total. The van der Waals surface area contributed by atoms with Crippen LogP contribution in [0.1, 0.15) is 71.8 Å². The van der Waals surface area contributed by atoms with Gasteiger partial charge in [0.15, 0.2) is 0 Å². The number of non-ortho nitro benzene ring substituents is 1. The van der Waals surface area contributed by atoms with Crippen molar-refractivity contribution in [2.24, 2.45) is 0 Å². The summed E-state index contributed by atoms with van der Waals surface area (Å²) in [6.07, 6.45) is 7.02. The predicted molar refractivity (Wildman–Crippen MR) is 157 cm³/mol. The van der Waals surface area contributed by atoms with E-state index in [0.29, 0.717) is 39.2 Å². The van der Waals surface area contributed by atoms with Gasteiger partial charge in [-0.15, -0.1) is 5.10 Å². The molecule has 2 aromatic heterocycles. The van der Waals surface area contributed by atoms with Gasteiger partial charge in [0.05, 0.1) is 52.4 Å². The molecule has 0 N–H and O–H groups in total. The van der Waals surface area contributed by atoms with E-state index in [2.05, 4.69) is 22.3 Å². The molecule has 0 bridgehead atoms. The maximum atomic E-state index is 13.9. The average molecular weight is 611 g/mol. The molecule has 2 atom stereocenters. The largest absolute Gasteiger partial charge is 0.496 e. The molecule has 1 saturated heterocycles. The second-order valence-corrected chi connectivity index (χ2v) is 11.7. The van der Waals surface area contributed by atoms with Crippen molar-refractivity contribution in [1.82, 2.24) is 29.7 Å². The summed E-state index contributed by atoms with van der Waals surface area (Å²) in [6.45, 7) is 2.92. The number of halogens is 2. The molecule has 1 saturated carbocycles. The van der Waals surface area contributed by atoms with Gasteiger partial charge in [-0.05, 0) is 56.9 Å². The van der Waals surface area contributed by atoms with E-state index in [0.717, 1.165) is 37.1 Å². The molecule has 1 aliphatic heterocycles. The molecule has 2 aliphatic rings. The Labute approximate surface area is 252 Å². The summed E-state index contributed by atoms with van der Waals surface area (Å²) in [6, 6.07) is 9.75. The van der Waals surface area contributed by atoms with E-state index >= 15 is 0 Å². The number of ether oxygens (including phenoxy) is 1. The molecule has 3 heterocycles. The first kappa shape index (κ1) is 28.2. The van der Waals surface area contributed by atoms with Crippen LogP contribution in [-0.4, -0.2) is 60.2 Å². The molecule has 2 fully saturated rings. The van der Waals surface area contributed by atoms with Crippen LogP contribution >= 0.6 is 23.2 Å². The second kappa shape index (κ2) is 11.4. The highest BCUT2D eigenvalue weighted by Crippen LogP contribution is 2.44. The Morgan fingerprint density at radius 1 is 1.14 bits per heavy atom. The first-order chi connectivity index (χ1) is 20.2. The summed E-state index contributed by atoms with van der Waals surface area (Å²) in [5, 5.41) is 25.5. The Bertz CT molecular complexity index is 1670. The maximum Gasteiger partial charge on any atom is 0.270 e. The van der Waals surface area contributed by atoms with Crippen LogP contribution in [0.2, 0.25) is 10.0 Å². The summed E-state index contributed by atoms with van der Waals surface area (Å²) in [7, 11) is 1.53. The molecule has 2 aromatic carbocycles. The zero-order chi connectivity index (χ0) is 29.5. The number of rotatable bonds is 8. The Balaban J connectivity index is 1.17. The van der Waals surface area contributed by atoms with E-state index in [1.807, 2.05) is 17.2 Å². The number of carbonyl (C=O) groups excluding carboxylic acids is 1. The number of aromatic nitrogens is 5. The second-order valence-electron chi connectivity index (χ2n) is 10.9. The fourth-order valence-electron chi connectivity index (χ4n) is 5.77. The molecule has 13 heteroatoms. The van der Waals surface area contributed by atoms with Gasteiger partial charge in [0.1, 0.15) is 5.75 Å². The molecule has 42 heavy (non-hydrogen) atoms. The van der Waals surface area contributed by atoms with Gasteiger partial charge in [0.25, 0.3) is 11.6 Å². The number of nitro groups is 1. The zero-order valence-corrected chi connectivity index (χ0v) is 24.6. The van der Waals surface area contributed by atoms with Crippen molar-refractivity contribution in [3.8, 4) is 11.4 Å². The molecule has 0 spiro atoms. The van der Waals surface area contributed by atoms with Crippen molar-refractivity contribution < 1.29 is 14.5 Å². The molecule has 1 amide bonds. The van der Waals surface area contributed by atoms with Crippen LogP contribution in [0, 0.1) is 10.1 Å². The van der Waals surface area contributed by atoms with Crippen LogP contribution in [0.15, 0.2) is 48.8 Å². The first-order valence-electron chi connectivity index (χ1n) is 13.8. The highest BCUT2D eigenvalue weighted by Gasteiger charge is 2.37. The highest BCUT2D eigenvalue weighted by atomic mass is 35.5. The van der Waals surface area contributed by atoms with E-state index in [9.17, 15) is 14.9 Å². The Morgan fingerprint density at radius 2 is 1.95 bits per heavy atom. The van der Waals surface area contributed by atoms with Gasteiger partial charge in [-0.3, -0.25) is 14.9 Å². The zero-order valence-electron chi connectivity index (χ0n) is 23.1. The number of hydrogen-bond acceptors (Lipinski definition) is 7. The number of piperidine rings is 1. The summed E-state index contributed by atoms with van der Waals surface area (Å²) >= 11 is 12.6. The molecule has 0 radical (unpaired) electrons. The van der Waals surface area contributed by atoms with Crippen LogP contribution in [0.3, 0.4) is 0 Å². The molecular weight excluding hydrogens is 581 g/mol. The number of amides is 1.